The Morgan fingerprint density at radius 3 is 3.05 bits per heavy atom. The van der Waals surface area contributed by atoms with Gasteiger partial charge in [-0.05, 0) is 50.5 Å². The molecule has 3 heterocycles. The third kappa shape index (κ3) is 3.52. The van der Waals surface area contributed by atoms with Crippen LogP contribution < -0.4 is 0 Å². The second-order valence-electron chi connectivity index (χ2n) is 5.52. The van der Waals surface area contributed by atoms with Crippen LogP contribution in [0.3, 0.4) is 0 Å². The van der Waals surface area contributed by atoms with Crippen molar-refractivity contribution in [1.82, 2.24) is 9.88 Å². The van der Waals surface area contributed by atoms with Gasteiger partial charge in [-0.3, -0.25) is 4.79 Å². The first kappa shape index (κ1) is 14.7. The SMILES string of the molecule is Cc1nc(C(=O)N2CCCCC2CCc2cccs2)cs1. The summed E-state index contributed by atoms with van der Waals surface area (Å²) in [6, 6.07) is 4.65. The van der Waals surface area contributed by atoms with Crippen LogP contribution in [0.2, 0.25) is 0 Å². The molecule has 1 fully saturated rings. The van der Waals surface area contributed by atoms with Crippen molar-refractivity contribution in [3.8, 4) is 0 Å². The second kappa shape index (κ2) is 6.71. The van der Waals surface area contributed by atoms with Crippen molar-refractivity contribution < 1.29 is 4.79 Å². The first-order valence-electron chi connectivity index (χ1n) is 7.49. The van der Waals surface area contributed by atoms with E-state index in [1.54, 1.807) is 22.7 Å². The lowest BCUT2D eigenvalue weighted by atomic mass is 9.97. The summed E-state index contributed by atoms with van der Waals surface area (Å²) in [6.07, 6.45) is 5.61. The highest BCUT2D eigenvalue weighted by atomic mass is 32.1. The highest BCUT2D eigenvalue weighted by Crippen LogP contribution is 2.24. The number of thiazole rings is 1. The van der Waals surface area contributed by atoms with Gasteiger partial charge in [-0.25, -0.2) is 4.98 Å². The molecular formula is C16H20N2OS2. The van der Waals surface area contributed by atoms with E-state index in [1.807, 2.05) is 12.3 Å². The molecule has 1 saturated heterocycles. The predicted octanol–water partition coefficient (Wildman–Crippen LogP) is 4.14. The van der Waals surface area contributed by atoms with Crippen LogP contribution in [0.25, 0.3) is 0 Å². The maximum absolute atomic E-state index is 12.7. The number of piperidine rings is 1. The van der Waals surface area contributed by atoms with Crippen molar-refractivity contribution in [2.75, 3.05) is 6.54 Å². The number of nitrogens with zero attached hydrogens (tertiary/aromatic N) is 2. The molecule has 1 unspecified atom stereocenters. The van der Waals surface area contributed by atoms with Crippen molar-refractivity contribution >= 4 is 28.6 Å². The molecule has 0 radical (unpaired) electrons. The zero-order valence-electron chi connectivity index (χ0n) is 12.2. The summed E-state index contributed by atoms with van der Waals surface area (Å²) in [6.45, 7) is 2.83. The monoisotopic (exact) mass is 320 g/mol. The lowest BCUT2D eigenvalue weighted by Gasteiger charge is -2.35. The number of hydrogen-bond acceptors (Lipinski definition) is 4. The number of rotatable bonds is 4. The molecule has 0 aliphatic carbocycles. The molecule has 5 heteroatoms. The molecule has 2 aromatic rings. The zero-order chi connectivity index (χ0) is 14.7. The molecule has 3 rings (SSSR count). The van der Waals surface area contributed by atoms with Crippen LogP contribution in [-0.2, 0) is 6.42 Å². The summed E-state index contributed by atoms with van der Waals surface area (Å²) in [5, 5.41) is 4.98. The summed E-state index contributed by atoms with van der Waals surface area (Å²) >= 11 is 3.36. The first-order valence-corrected chi connectivity index (χ1v) is 9.25. The van der Waals surface area contributed by atoms with Crippen LogP contribution >= 0.6 is 22.7 Å². The second-order valence-corrected chi connectivity index (χ2v) is 7.61. The minimum absolute atomic E-state index is 0.121. The van der Waals surface area contributed by atoms with Gasteiger partial charge in [0.15, 0.2) is 0 Å². The Morgan fingerprint density at radius 2 is 2.33 bits per heavy atom. The molecule has 0 spiro atoms. The first-order chi connectivity index (χ1) is 10.2. The molecule has 1 aliphatic rings. The summed E-state index contributed by atoms with van der Waals surface area (Å²) < 4.78 is 0. The van der Waals surface area contributed by atoms with Crippen LogP contribution in [0.5, 0.6) is 0 Å². The molecule has 0 saturated carbocycles. The van der Waals surface area contributed by atoms with Crippen molar-refractivity contribution in [3.05, 3.63) is 38.5 Å². The average molecular weight is 320 g/mol. The number of aryl methyl sites for hydroxylation is 2. The third-order valence-corrected chi connectivity index (χ3v) is 5.74. The fourth-order valence-corrected chi connectivity index (χ4v) is 4.25. The summed E-state index contributed by atoms with van der Waals surface area (Å²) in [5.74, 6) is 0.121. The number of carbonyl (C=O) groups is 1. The van der Waals surface area contributed by atoms with E-state index in [0.29, 0.717) is 11.7 Å². The maximum atomic E-state index is 12.7. The van der Waals surface area contributed by atoms with Crippen molar-refractivity contribution in [2.24, 2.45) is 0 Å². The van der Waals surface area contributed by atoms with E-state index in [1.165, 1.54) is 11.3 Å². The number of carbonyl (C=O) groups excluding carboxylic acids is 1. The van der Waals surface area contributed by atoms with Gasteiger partial charge in [-0.1, -0.05) is 6.07 Å². The lowest BCUT2D eigenvalue weighted by Crippen LogP contribution is -2.44. The number of likely N-dealkylation sites (tertiary alicyclic amines) is 1. The van der Waals surface area contributed by atoms with Gasteiger partial charge in [-0.15, -0.1) is 22.7 Å². The highest BCUT2D eigenvalue weighted by Gasteiger charge is 2.28. The summed E-state index contributed by atoms with van der Waals surface area (Å²) in [5.41, 5.74) is 0.625. The molecule has 1 aliphatic heterocycles. The van der Waals surface area contributed by atoms with Gasteiger partial charge in [0.05, 0.1) is 5.01 Å². The van der Waals surface area contributed by atoms with E-state index in [4.69, 9.17) is 0 Å². The Balaban J connectivity index is 1.67. The number of hydrogen-bond donors (Lipinski definition) is 0. The normalized spacial score (nSPS) is 18.9. The fourth-order valence-electron chi connectivity index (χ4n) is 2.94. The van der Waals surface area contributed by atoms with Crippen molar-refractivity contribution in [3.63, 3.8) is 0 Å². The summed E-state index contributed by atoms with van der Waals surface area (Å²) in [4.78, 5) is 20.5. The molecule has 1 atom stereocenters. The number of amides is 1. The van der Waals surface area contributed by atoms with E-state index in [9.17, 15) is 4.79 Å². The molecule has 1 amide bonds. The standard InChI is InChI=1S/C16H20N2OS2/c1-12-17-15(11-21-12)16(19)18-9-3-2-5-13(18)7-8-14-6-4-10-20-14/h4,6,10-11,13H,2-3,5,7-9H2,1H3. The maximum Gasteiger partial charge on any atom is 0.273 e. The zero-order valence-corrected chi connectivity index (χ0v) is 13.9. The molecule has 112 valence electrons. The van der Waals surface area contributed by atoms with E-state index < -0.39 is 0 Å². The number of thiophene rings is 1. The molecule has 3 nitrogen and oxygen atoms in total. The number of aromatic nitrogens is 1. The topological polar surface area (TPSA) is 33.2 Å². The van der Waals surface area contributed by atoms with Gasteiger partial charge in [0, 0.05) is 22.8 Å². The molecule has 21 heavy (non-hydrogen) atoms. The van der Waals surface area contributed by atoms with E-state index >= 15 is 0 Å². The van der Waals surface area contributed by atoms with Crippen LogP contribution in [-0.4, -0.2) is 28.4 Å². The average Bonchev–Trinajstić information content (AvgIpc) is 3.16. The van der Waals surface area contributed by atoms with Crippen LogP contribution in [0.4, 0.5) is 0 Å². The van der Waals surface area contributed by atoms with Gasteiger partial charge in [0.1, 0.15) is 5.69 Å². The Labute approximate surface area is 133 Å². The quantitative estimate of drug-likeness (QED) is 0.848. The van der Waals surface area contributed by atoms with Gasteiger partial charge in [-0.2, -0.15) is 0 Å². The van der Waals surface area contributed by atoms with Crippen LogP contribution in [0.1, 0.15) is 46.1 Å². The molecule has 0 aromatic carbocycles. The largest absolute Gasteiger partial charge is 0.334 e. The smallest absolute Gasteiger partial charge is 0.273 e. The van der Waals surface area contributed by atoms with Gasteiger partial charge < -0.3 is 4.90 Å². The van der Waals surface area contributed by atoms with E-state index in [0.717, 1.165) is 37.2 Å². The minimum Gasteiger partial charge on any atom is -0.334 e. The Hall–Kier alpha value is -1.20. The van der Waals surface area contributed by atoms with Crippen LogP contribution in [0, 0.1) is 6.92 Å². The van der Waals surface area contributed by atoms with Gasteiger partial charge in [0.2, 0.25) is 0 Å². The predicted molar refractivity (Wildman–Crippen MR) is 88.2 cm³/mol. The molecule has 0 N–H and O–H groups in total. The lowest BCUT2D eigenvalue weighted by molar-refractivity contribution is 0.0597. The molecular weight excluding hydrogens is 300 g/mol. The van der Waals surface area contributed by atoms with E-state index in [2.05, 4.69) is 27.4 Å². The Morgan fingerprint density at radius 1 is 1.43 bits per heavy atom. The third-order valence-electron chi connectivity index (χ3n) is 4.03. The fraction of sp³-hybridized carbons (Fsp3) is 0.500. The summed E-state index contributed by atoms with van der Waals surface area (Å²) in [7, 11) is 0. The highest BCUT2D eigenvalue weighted by molar-refractivity contribution is 7.10. The van der Waals surface area contributed by atoms with E-state index in [-0.39, 0.29) is 5.91 Å². The van der Waals surface area contributed by atoms with Crippen molar-refractivity contribution in [2.45, 2.75) is 45.1 Å². The molecule has 0 bridgehead atoms. The van der Waals surface area contributed by atoms with Gasteiger partial charge >= 0.3 is 0 Å². The minimum atomic E-state index is 0.121. The molecule has 2 aromatic heterocycles. The van der Waals surface area contributed by atoms with Gasteiger partial charge in [0.25, 0.3) is 5.91 Å². The van der Waals surface area contributed by atoms with Crippen LogP contribution in [0.15, 0.2) is 22.9 Å². The Bertz CT molecular complexity index is 591. The Kier molecular flexibility index (Phi) is 4.70. The van der Waals surface area contributed by atoms with Crippen molar-refractivity contribution in [1.29, 1.82) is 0 Å².